The van der Waals surface area contributed by atoms with E-state index in [4.69, 9.17) is 4.74 Å². The highest BCUT2D eigenvalue weighted by atomic mass is 16.6. The van der Waals surface area contributed by atoms with Gasteiger partial charge in [0.25, 0.3) is 5.56 Å². The van der Waals surface area contributed by atoms with Crippen LogP contribution in [0.5, 0.6) is 0 Å². The van der Waals surface area contributed by atoms with Crippen molar-refractivity contribution in [1.82, 2.24) is 9.88 Å². The topological polar surface area (TPSA) is 62.4 Å². The van der Waals surface area contributed by atoms with Crippen molar-refractivity contribution in [2.24, 2.45) is 0 Å². The van der Waals surface area contributed by atoms with E-state index >= 15 is 0 Å². The number of H-pyrrole nitrogens is 1. The molecule has 1 aliphatic heterocycles. The largest absolute Gasteiger partial charge is 0.445 e. The predicted molar refractivity (Wildman–Crippen MR) is 87.0 cm³/mol. The second-order valence-electron chi connectivity index (χ2n) is 5.70. The molecular formula is C18H20N2O3. The molecule has 1 fully saturated rings. The molecule has 1 aromatic heterocycles. The third kappa shape index (κ3) is 3.62. The summed E-state index contributed by atoms with van der Waals surface area (Å²) in [4.78, 5) is 28.8. The molecular weight excluding hydrogens is 292 g/mol. The van der Waals surface area contributed by atoms with Gasteiger partial charge in [0.1, 0.15) is 6.61 Å². The third-order valence-electron chi connectivity index (χ3n) is 4.15. The Balaban J connectivity index is 1.72. The molecule has 0 aliphatic carbocycles. The lowest BCUT2D eigenvalue weighted by molar-refractivity contribution is 0.0676. The molecule has 2 aromatic rings. The van der Waals surface area contributed by atoms with Crippen LogP contribution in [0, 0.1) is 0 Å². The van der Waals surface area contributed by atoms with Crippen molar-refractivity contribution in [1.29, 1.82) is 0 Å². The Kier molecular flexibility index (Phi) is 4.76. The number of pyridine rings is 1. The summed E-state index contributed by atoms with van der Waals surface area (Å²) in [7, 11) is 0. The maximum absolute atomic E-state index is 12.5. The molecule has 0 saturated carbocycles. The zero-order valence-corrected chi connectivity index (χ0v) is 12.9. The van der Waals surface area contributed by atoms with Gasteiger partial charge in [-0.05, 0) is 37.0 Å². The first-order valence-corrected chi connectivity index (χ1v) is 7.90. The molecule has 1 saturated heterocycles. The molecule has 0 spiro atoms. The summed E-state index contributed by atoms with van der Waals surface area (Å²) in [5.74, 6) is 0. The summed E-state index contributed by atoms with van der Waals surface area (Å²) < 4.78 is 5.43. The van der Waals surface area contributed by atoms with Gasteiger partial charge in [0, 0.05) is 18.3 Å². The van der Waals surface area contributed by atoms with E-state index in [1.54, 1.807) is 23.2 Å². The van der Waals surface area contributed by atoms with Gasteiger partial charge >= 0.3 is 6.09 Å². The zero-order valence-electron chi connectivity index (χ0n) is 12.9. The molecule has 1 amide bonds. The standard InChI is InChI=1S/C18H20N2O3/c21-17-15(9-6-11-19-17)16-10-4-5-12-20(16)18(22)23-13-14-7-2-1-3-8-14/h1-3,6-9,11,16H,4-5,10,12-13H2,(H,19,21). The van der Waals surface area contributed by atoms with E-state index in [9.17, 15) is 9.59 Å². The van der Waals surface area contributed by atoms with Gasteiger partial charge in [0.15, 0.2) is 0 Å². The molecule has 1 atom stereocenters. The number of amides is 1. The summed E-state index contributed by atoms with van der Waals surface area (Å²) in [6, 6.07) is 13.0. The van der Waals surface area contributed by atoms with E-state index in [-0.39, 0.29) is 24.3 Å². The first-order chi connectivity index (χ1) is 11.3. The van der Waals surface area contributed by atoms with E-state index in [0.29, 0.717) is 12.1 Å². The number of aromatic nitrogens is 1. The predicted octanol–water partition coefficient (Wildman–Crippen LogP) is 3.24. The van der Waals surface area contributed by atoms with Crippen molar-refractivity contribution < 1.29 is 9.53 Å². The molecule has 2 heterocycles. The molecule has 120 valence electrons. The Morgan fingerprint density at radius 2 is 2.00 bits per heavy atom. The van der Waals surface area contributed by atoms with Gasteiger partial charge in [-0.15, -0.1) is 0 Å². The highest BCUT2D eigenvalue weighted by Crippen LogP contribution is 2.29. The zero-order chi connectivity index (χ0) is 16.1. The summed E-state index contributed by atoms with van der Waals surface area (Å²) in [6.07, 6.45) is 3.96. The van der Waals surface area contributed by atoms with Crippen LogP contribution in [-0.2, 0) is 11.3 Å². The van der Waals surface area contributed by atoms with Crippen LogP contribution in [0.4, 0.5) is 4.79 Å². The molecule has 0 bridgehead atoms. The van der Waals surface area contributed by atoms with Crippen LogP contribution in [0.25, 0.3) is 0 Å². The number of likely N-dealkylation sites (tertiary alicyclic amines) is 1. The number of aromatic amines is 1. The van der Waals surface area contributed by atoms with Crippen LogP contribution < -0.4 is 5.56 Å². The van der Waals surface area contributed by atoms with Gasteiger partial charge < -0.3 is 14.6 Å². The molecule has 5 nitrogen and oxygen atoms in total. The van der Waals surface area contributed by atoms with Crippen LogP contribution >= 0.6 is 0 Å². The maximum Gasteiger partial charge on any atom is 0.410 e. The number of hydrogen-bond donors (Lipinski definition) is 1. The second kappa shape index (κ2) is 7.13. The molecule has 1 N–H and O–H groups in total. The first-order valence-electron chi connectivity index (χ1n) is 7.90. The molecule has 5 heteroatoms. The van der Waals surface area contributed by atoms with E-state index in [2.05, 4.69) is 4.98 Å². The Labute approximate surface area is 134 Å². The lowest BCUT2D eigenvalue weighted by atomic mass is 9.97. The van der Waals surface area contributed by atoms with Gasteiger partial charge in [0.2, 0.25) is 0 Å². The number of hydrogen-bond acceptors (Lipinski definition) is 3. The summed E-state index contributed by atoms with van der Waals surface area (Å²) in [5.41, 5.74) is 1.44. The average Bonchev–Trinajstić information content (AvgIpc) is 2.61. The van der Waals surface area contributed by atoms with Crippen molar-refractivity contribution in [3.05, 3.63) is 70.1 Å². The molecule has 1 aromatic carbocycles. The normalized spacial score (nSPS) is 17.7. The quantitative estimate of drug-likeness (QED) is 0.946. The number of carbonyl (C=O) groups is 1. The lowest BCUT2D eigenvalue weighted by Gasteiger charge is -2.34. The fourth-order valence-electron chi connectivity index (χ4n) is 2.97. The first kappa shape index (κ1) is 15.3. The van der Waals surface area contributed by atoms with E-state index < -0.39 is 0 Å². The van der Waals surface area contributed by atoms with E-state index in [1.165, 1.54) is 0 Å². The number of benzene rings is 1. The third-order valence-corrected chi connectivity index (χ3v) is 4.15. The van der Waals surface area contributed by atoms with Gasteiger partial charge in [-0.3, -0.25) is 4.79 Å². The van der Waals surface area contributed by atoms with Crippen molar-refractivity contribution in [3.8, 4) is 0 Å². The number of nitrogens with one attached hydrogen (secondary N) is 1. The summed E-state index contributed by atoms with van der Waals surface area (Å²) >= 11 is 0. The van der Waals surface area contributed by atoms with Crippen LogP contribution in [0.15, 0.2) is 53.5 Å². The lowest BCUT2D eigenvalue weighted by Crippen LogP contribution is -2.40. The summed E-state index contributed by atoms with van der Waals surface area (Å²) in [6.45, 7) is 0.862. The minimum absolute atomic E-state index is 0.139. The van der Waals surface area contributed by atoms with Gasteiger partial charge in [-0.25, -0.2) is 4.79 Å². The number of carbonyl (C=O) groups excluding carboxylic acids is 1. The minimum atomic E-state index is -0.359. The molecule has 3 rings (SSSR count). The van der Waals surface area contributed by atoms with Crippen molar-refractivity contribution in [3.63, 3.8) is 0 Å². The summed E-state index contributed by atoms with van der Waals surface area (Å²) in [5, 5.41) is 0. The molecule has 1 aliphatic rings. The van der Waals surface area contributed by atoms with Gasteiger partial charge in [-0.2, -0.15) is 0 Å². The highest BCUT2D eigenvalue weighted by molar-refractivity contribution is 5.68. The highest BCUT2D eigenvalue weighted by Gasteiger charge is 2.30. The number of piperidine rings is 1. The van der Waals surface area contributed by atoms with Crippen molar-refractivity contribution in [2.45, 2.75) is 31.9 Å². The van der Waals surface area contributed by atoms with Crippen LogP contribution in [-0.4, -0.2) is 22.5 Å². The van der Waals surface area contributed by atoms with Gasteiger partial charge in [-0.1, -0.05) is 30.3 Å². The Bertz CT molecular complexity index is 711. The minimum Gasteiger partial charge on any atom is -0.445 e. The SMILES string of the molecule is O=C(OCc1ccccc1)N1CCCCC1c1ccc[nH]c1=O. The Morgan fingerprint density at radius 1 is 1.17 bits per heavy atom. The number of ether oxygens (including phenoxy) is 1. The maximum atomic E-state index is 12.5. The fraction of sp³-hybridized carbons (Fsp3) is 0.333. The van der Waals surface area contributed by atoms with Crippen LogP contribution in [0.1, 0.15) is 36.4 Å². The smallest absolute Gasteiger partial charge is 0.410 e. The van der Waals surface area contributed by atoms with E-state index in [1.807, 2.05) is 30.3 Å². The average molecular weight is 312 g/mol. The van der Waals surface area contributed by atoms with Crippen LogP contribution in [0.3, 0.4) is 0 Å². The second-order valence-corrected chi connectivity index (χ2v) is 5.70. The van der Waals surface area contributed by atoms with E-state index in [0.717, 1.165) is 24.8 Å². The Morgan fingerprint density at radius 3 is 2.78 bits per heavy atom. The molecule has 1 unspecified atom stereocenters. The fourth-order valence-corrected chi connectivity index (χ4v) is 2.97. The van der Waals surface area contributed by atoms with Gasteiger partial charge in [0.05, 0.1) is 6.04 Å². The molecule has 23 heavy (non-hydrogen) atoms. The molecule has 0 radical (unpaired) electrons. The monoisotopic (exact) mass is 312 g/mol. The number of nitrogens with zero attached hydrogens (tertiary/aromatic N) is 1. The Hall–Kier alpha value is -2.56. The van der Waals surface area contributed by atoms with Crippen molar-refractivity contribution in [2.75, 3.05) is 6.54 Å². The number of rotatable bonds is 3. The van der Waals surface area contributed by atoms with Crippen LogP contribution in [0.2, 0.25) is 0 Å². The van der Waals surface area contributed by atoms with Crippen molar-refractivity contribution >= 4 is 6.09 Å².